The summed E-state index contributed by atoms with van der Waals surface area (Å²) >= 11 is 0. The van der Waals surface area contributed by atoms with Crippen molar-refractivity contribution in [3.8, 4) is 17.0 Å². The van der Waals surface area contributed by atoms with Crippen LogP contribution in [0.1, 0.15) is 12.0 Å². The molecule has 2 N–H and O–H groups in total. The summed E-state index contributed by atoms with van der Waals surface area (Å²) in [5.74, 6) is 1.07. The highest BCUT2D eigenvalue weighted by atomic mass is 19.4. The first-order chi connectivity index (χ1) is 17.7. The molecule has 1 aromatic carbocycles. The number of aryl methyl sites for hydroxylation is 1. The van der Waals surface area contributed by atoms with Gasteiger partial charge in [0.15, 0.2) is 6.10 Å². The minimum atomic E-state index is -4.46. The summed E-state index contributed by atoms with van der Waals surface area (Å²) in [7, 11) is 1.46. The fourth-order valence-electron chi connectivity index (χ4n) is 4.32. The Balaban J connectivity index is 1.54. The lowest BCUT2D eigenvalue weighted by Crippen LogP contribution is -2.40. The number of amides is 2. The van der Waals surface area contributed by atoms with Crippen molar-refractivity contribution in [2.45, 2.75) is 31.7 Å². The molecule has 2 atom stereocenters. The second-order valence-corrected chi connectivity index (χ2v) is 9.05. The van der Waals surface area contributed by atoms with Crippen LogP contribution >= 0.6 is 0 Å². The summed E-state index contributed by atoms with van der Waals surface area (Å²) in [4.78, 5) is 20.7. The first kappa shape index (κ1) is 27.0. The molecule has 2 aliphatic heterocycles. The molecule has 2 aliphatic rings. The number of ether oxygens (including phenoxy) is 3. The largest absolute Gasteiger partial charge is 0.475 e. The van der Waals surface area contributed by atoms with Crippen molar-refractivity contribution >= 4 is 17.5 Å². The van der Waals surface area contributed by atoms with Gasteiger partial charge in [0.2, 0.25) is 5.88 Å². The number of benzene rings is 1. The Kier molecular flexibility index (Phi) is 8.40. The first-order valence-electron chi connectivity index (χ1n) is 12.1. The topological polar surface area (TPSA) is 96.4 Å². The lowest BCUT2D eigenvalue weighted by Gasteiger charge is -2.28. The first-order valence-corrected chi connectivity index (χ1v) is 12.1. The zero-order valence-corrected chi connectivity index (χ0v) is 20.8. The third kappa shape index (κ3) is 6.62. The minimum absolute atomic E-state index is 0.0977. The van der Waals surface area contributed by atoms with Crippen LogP contribution in [0.4, 0.5) is 29.5 Å². The number of hydrogen-bond donors (Lipinski definition) is 2. The maximum Gasteiger partial charge on any atom is 0.414 e. The number of pyridine rings is 1. The molecule has 37 heavy (non-hydrogen) atoms. The van der Waals surface area contributed by atoms with Crippen LogP contribution < -0.4 is 15.0 Å². The van der Waals surface area contributed by atoms with Gasteiger partial charge in [-0.15, -0.1) is 0 Å². The van der Waals surface area contributed by atoms with Gasteiger partial charge in [-0.2, -0.15) is 18.2 Å². The molecule has 0 saturated carbocycles. The molecule has 202 valence electrons. The van der Waals surface area contributed by atoms with Crippen LogP contribution in [0.5, 0.6) is 5.88 Å². The number of urea groups is 1. The highest BCUT2D eigenvalue weighted by Gasteiger charge is 2.47. The predicted molar refractivity (Wildman–Crippen MR) is 131 cm³/mol. The molecule has 1 aromatic heterocycles. The number of nitrogens with zero attached hydrogens (tertiary/aromatic N) is 3. The normalized spacial score (nSPS) is 20.1. The van der Waals surface area contributed by atoms with Crippen LogP contribution in [0.15, 0.2) is 30.3 Å². The molecule has 9 nitrogen and oxygen atoms in total. The van der Waals surface area contributed by atoms with E-state index in [1.165, 1.54) is 11.9 Å². The van der Waals surface area contributed by atoms with Gasteiger partial charge >= 0.3 is 12.2 Å². The molecule has 2 saturated heterocycles. The maximum atomic E-state index is 13.0. The zero-order valence-electron chi connectivity index (χ0n) is 20.8. The van der Waals surface area contributed by atoms with Gasteiger partial charge in [0.25, 0.3) is 0 Å². The molecule has 0 bridgehead atoms. The van der Waals surface area contributed by atoms with E-state index in [0.717, 1.165) is 16.7 Å². The van der Waals surface area contributed by atoms with E-state index in [-0.39, 0.29) is 26.2 Å². The predicted octanol–water partition coefficient (Wildman–Crippen LogP) is 3.45. The lowest BCUT2D eigenvalue weighted by molar-refractivity contribution is -0.206. The van der Waals surface area contributed by atoms with E-state index >= 15 is 0 Å². The molecule has 0 aliphatic carbocycles. The number of alkyl halides is 3. The van der Waals surface area contributed by atoms with E-state index in [1.807, 2.05) is 19.1 Å². The van der Waals surface area contributed by atoms with Crippen molar-refractivity contribution in [3.05, 3.63) is 35.9 Å². The van der Waals surface area contributed by atoms with Crippen LogP contribution in [-0.4, -0.2) is 92.5 Å². The average molecular weight is 525 g/mol. The van der Waals surface area contributed by atoms with Crippen molar-refractivity contribution in [2.75, 3.05) is 63.4 Å². The van der Waals surface area contributed by atoms with Gasteiger partial charge in [-0.1, -0.05) is 6.07 Å². The summed E-state index contributed by atoms with van der Waals surface area (Å²) < 4.78 is 54.8. The summed E-state index contributed by atoms with van der Waals surface area (Å²) in [5, 5.41) is 12.0. The summed E-state index contributed by atoms with van der Waals surface area (Å²) in [6.45, 7) is 4.23. The number of anilines is 2. The lowest BCUT2D eigenvalue weighted by atomic mass is 10.00. The molecule has 12 heteroatoms. The maximum absolute atomic E-state index is 13.0. The Bertz CT molecular complexity index is 1090. The Morgan fingerprint density at radius 3 is 2.70 bits per heavy atom. The van der Waals surface area contributed by atoms with Gasteiger partial charge in [0, 0.05) is 38.3 Å². The Hall–Kier alpha value is -3.09. The highest BCUT2D eigenvalue weighted by molar-refractivity contribution is 5.90. The van der Waals surface area contributed by atoms with E-state index in [4.69, 9.17) is 14.2 Å². The van der Waals surface area contributed by atoms with E-state index < -0.39 is 24.4 Å². The molecule has 2 unspecified atom stereocenters. The van der Waals surface area contributed by atoms with Gasteiger partial charge < -0.3 is 34.4 Å². The Morgan fingerprint density at radius 2 is 2.03 bits per heavy atom. The number of nitrogens with one attached hydrogen (secondary N) is 1. The van der Waals surface area contributed by atoms with Crippen molar-refractivity contribution in [2.24, 2.45) is 0 Å². The number of carbonyl (C=O) groups excluding carboxylic acids is 1. The smallest absolute Gasteiger partial charge is 0.414 e. The molecule has 2 aromatic rings. The number of morpholine rings is 1. The van der Waals surface area contributed by atoms with Gasteiger partial charge in [0.1, 0.15) is 12.4 Å². The van der Waals surface area contributed by atoms with Crippen LogP contribution in [0.25, 0.3) is 11.1 Å². The number of hydrogen-bond acceptors (Lipinski definition) is 7. The number of carbonyl (C=O) groups is 1. The van der Waals surface area contributed by atoms with Crippen molar-refractivity contribution < 1.29 is 37.3 Å². The van der Waals surface area contributed by atoms with Crippen LogP contribution in [-0.2, 0) is 9.47 Å². The molecule has 0 spiro atoms. The molecule has 2 fully saturated rings. The molecule has 4 rings (SSSR count). The van der Waals surface area contributed by atoms with Gasteiger partial charge in [0.05, 0.1) is 32.5 Å². The molecular weight excluding hydrogens is 493 g/mol. The van der Waals surface area contributed by atoms with Crippen LogP contribution in [0, 0.1) is 6.92 Å². The van der Waals surface area contributed by atoms with Gasteiger partial charge in [-0.05, 0) is 41.8 Å². The number of likely N-dealkylation sites (N-methyl/N-ethyl adjacent to an activating group) is 1. The number of aliphatic hydroxyl groups is 1. The monoisotopic (exact) mass is 524 g/mol. The van der Waals surface area contributed by atoms with Crippen LogP contribution in [0.3, 0.4) is 0 Å². The third-order valence-electron chi connectivity index (χ3n) is 6.47. The third-order valence-corrected chi connectivity index (χ3v) is 6.47. The Morgan fingerprint density at radius 1 is 1.27 bits per heavy atom. The van der Waals surface area contributed by atoms with Crippen molar-refractivity contribution in [3.63, 3.8) is 0 Å². The molecule has 2 amide bonds. The number of aliphatic hydroxyl groups excluding tert-OH is 1. The standard InChI is InChI=1S/C25H31F3N4O5/c1-16-3-4-18(29-24(34)31(2)19-14-21(37-15-19)25(26,27)28)13-20(16)17-11-22(32-5-8-35-9-6-32)30-23(12-17)36-10-7-33/h3-4,11-13,19,21,33H,5-10,14-15H2,1-2H3,(H,29,34). The second-order valence-electron chi connectivity index (χ2n) is 9.05. The number of halogens is 3. The van der Waals surface area contributed by atoms with E-state index in [9.17, 15) is 23.1 Å². The van der Waals surface area contributed by atoms with Crippen LogP contribution in [0.2, 0.25) is 0 Å². The molecule has 3 heterocycles. The zero-order chi connectivity index (χ0) is 26.6. The quantitative estimate of drug-likeness (QED) is 0.573. The van der Waals surface area contributed by atoms with Gasteiger partial charge in [-0.25, -0.2) is 4.79 Å². The molecule has 0 radical (unpaired) electrons. The summed E-state index contributed by atoms with van der Waals surface area (Å²) in [6.07, 6.45) is -6.62. The second kappa shape index (κ2) is 11.5. The fourth-order valence-corrected chi connectivity index (χ4v) is 4.32. The minimum Gasteiger partial charge on any atom is -0.475 e. The fraction of sp³-hybridized carbons (Fsp3) is 0.520. The molecular formula is C25H31F3N4O5. The Labute approximate surface area is 213 Å². The number of rotatable bonds is 7. The SMILES string of the molecule is Cc1ccc(NC(=O)N(C)C2COC(C(F)(F)F)C2)cc1-c1cc(OCCO)nc(N2CCOCC2)c1. The van der Waals surface area contributed by atoms with E-state index in [1.54, 1.807) is 18.2 Å². The van der Waals surface area contributed by atoms with Gasteiger partial charge in [-0.3, -0.25) is 0 Å². The van der Waals surface area contributed by atoms with E-state index in [2.05, 4.69) is 15.2 Å². The highest BCUT2D eigenvalue weighted by Crippen LogP contribution is 2.34. The van der Waals surface area contributed by atoms with E-state index in [0.29, 0.717) is 43.7 Å². The summed E-state index contributed by atoms with van der Waals surface area (Å²) in [6, 6.07) is 7.89. The number of aromatic nitrogens is 1. The van der Waals surface area contributed by atoms with Crippen molar-refractivity contribution in [1.82, 2.24) is 9.88 Å². The average Bonchev–Trinajstić information content (AvgIpc) is 3.39. The summed E-state index contributed by atoms with van der Waals surface area (Å²) in [5.41, 5.74) is 3.07. The van der Waals surface area contributed by atoms with Crippen molar-refractivity contribution in [1.29, 1.82) is 0 Å².